The van der Waals surface area contributed by atoms with Crippen LogP contribution in [0.5, 0.6) is 11.5 Å². The number of methoxy groups -OCH3 is 1. The van der Waals surface area contributed by atoms with E-state index in [1.54, 1.807) is 24.3 Å². The van der Waals surface area contributed by atoms with Gasteiger partial charge in [-0.3, -0.25) is 4.79 Å². The monoisotopic (exact) mass is 399 g/mol. The van der Waals surface area contributed by atoms with Crippen LogP contribution in [0.25, 0.3) is 0 Å². The standard InChI is InChI=1S/C19H17ClF3NO3/c1-3-4-12-5-8-16(17(9-12)26-2)27-11-18(25)24-15-10-13(19(21,22)23)6-7-14(15)20/h3,5-10H,1,4,11H2,2H3,(H,24,25). The second-order valence-corrected chi connectivity index (χ2v) is 5.91. The summed E-state index contributed by atoms with van der Waals surface area (Å²) < 4.78 is 49.0. The highest BCUT2D eigenvalue weighted by molar-refractivity contribution is 6.33. The van der Waals surface area contributed by atoms with Gasteiger partial charge in [0.1, 0.15) is 0 Å². The SMILES string of the molecule is C=CCc1ccc(OCC(=O)Nc2cc(C(F)(F)F)ccc2Cl)c(OC)c1. The van der Waals surface area contributed by atoms with Gasteiger partial charge in [-0.1, -0.05) is 23.7 Å². The molecule has 0 aliphatic rings. The highest BCUT2D eigenvalue weighted by Gasteiger charge is 2.31. The van der Waals surface area contributed by atoms with Gasteiger partial charge in [-0.2, -0.15) is 13.2 Å². The van der Waals surface area contributed by atoms with Crippen LogP contribution in [0.1, 0.15) is 11.1 Å². The number of alkyl halides is 3. The molecular formula is C19H17ClF3NO3. The fraction of sp³-hybridized carbons (Fsp3) is 0.211. The molecule has 0 bridgehead atoms. The Hall–Kier alpha value is -2.67. The molecule has 2 rings (SSSR count). The predicted molar refractivity (Wildman–Crippen MR) is 97.5 cm³/mol. The van der Waals surface area contributed by atoms with Crippen molar-refractivity contribution in [3.8, 4) is 11.5 Å². The van der Waals surface area contributed by atoms with Crippen molar-refractivity contribution < 1.29 is 27.4 Å². The number of nitrogens with one attached hydrogen (secondary N) is 1. The van der Waals surface area contributed by atoms with Gasteiger partial charge >= 0.3 is 6.18 Å². The first kappa shape index (κ1) is 20.6. The minimum atomic E-state index is -4.54. The van der Waals surface area contributed by atoms with E-state index in [2.05, 4.69) is 11.9 Å². The third kappa shape index (κ3) is 5.65. The number of allylic oxidation sites excluding steroid dienone is 1. The molecule has 1 N–H and O–H groups in total. The van der Waals surface area contributed by atoms with E-state index in [1.807, 2.05) is 0 Å². The van der Waals surface area contributed by atoms with Crippen LogP contribution in [0.4, 0.5) is 18.9 Å². The molecule has 0 fully saturated rings. The van der Waals surface area contributed by atoms with Gasteiger partial charge in [-0.15, -0.1) is 6.58 Å². The van der Waals surface area contributed by atoms with Crippen LogP contribution in [-0.2, 0) is 17.4 Å². The van der Waals surface area contributed by atoms with E-state index in [9.17, 15) is 18.0 Å². The van der Waals surface area contributed by atoms with Crippen LogP contribution >= 0.6 is 11.6 Å². The number of carbonyl (C=O) groups excluding carboxylic acids is 1. The van der Waals surface area contributed by atoms with Crippen molar-refractivity contribution >= 4 is 23.2 Å². The Kier molecular flexibility index (Phi) is 6.74. The molecule has 0 atom stereocenters. The van der Waals surface area contributed by atoms with Crippen LogP contribution in [0.2, 0.25) is 5.02 Å². The summed E-state index contributed by atoms with van der Waals surface area (Å²) in [4.78, 5) is 12.0. The molecule has 0 unspecified atom stereocenters. The number of hydrogen-bond donors (Lipinski definition) is 1. The number of rotatable bonds is 7. The molecule has 2 aromatic carbocycles. The van der Waals surface area contributed by atoms with Gasteiger partial charge in [-0.05, 0) is 42.3 Å². The zero-order chi connectivity index (χ0) is 20.0. The zero-order valence-electron chi connectivity index (χ0n) is 14.4. The van der Waals surface area contributed by atoms with E-state index in [4.69, 9.17) is 21.1 Å². The predicted octanol–water partition coefficient (Wildman–Crippen LogP) is 5.11. The molecule has 0 aliphatic heterocycles. The maximum atomic E-state index is 12.8. The number of carbonyl (C=O) groups is 1. The molecule has 0 spiro atoms. The van der Waals surface area contributed by atoms with Gasteiger partial charge in [0.05, 0.1) is 23.4 Å². The highest BCUT2D eigenvalue weighted by Crippen LogP contribution is 2.34. The smallest absolute Gasteiger partial charge is 0.416 e. The van der Waals surface area contributed by atoms with Gasteiger partial charge in [0.15, 0.2) is 18.1 Å². The van der Waals surface area contributed by atoms with Crippen molar-refractivity contribution in [3.05, 3.63) is 65.2 Å². The number of ether oxygens (including phenoxy) is 2. The van der Waals surface area contributed by atoms with Crippen LogP contribution in [0.3, 0.4) is 0 Å². The molecule has 0 saturated carbocycles. The van der Waals surface area contributed by atoms with E-state index < -0.39 is 24.3 Å². The molecule has 144 valence electrons. The quantitative estimate of drug-likeness (QED) is 0.658. The van der Waals surface area contributed by atoms with E-state index in [-0.39, 0.29) is 10.7 Å². The Balaban J connectivity index is 2.06. The van der Waals surface area contributed by atoms with Crippen molar-refractivity contribution in [1.29, 1.82) is 0 Å². The van der Waals surface area contributed by atoms with Crippen molar-refractivity contribution in [2.75, 3.05) is 19.0 Å². The molecule has 0 aliphatic carbocycles. The maximum absolute atomic E-state index is 12.8. The third-order valence-electron chi connectivity index (χ3n) is 3.53. The molecule has 0 saturated heterocycles. The molecule has 0 radical (unpaired) electrons. The van der Waals surface area contributed by atoms with Crippen LogP contribution in [0, 0.1) is 0 Å². The first-order chi connectivity index (χ1) is 12.7. The lowest BCUT2D eigenvalue weighted by Crippen LogP contribution is -2.21. The number of hydrogen-bond acceptors (Lipinski definition) is 3. The molecule has 4 nitrogen and oxygen atoms in total. The Labute approximate surface area is 159 Å². The number of benzene rings is 2. The summed E-state index contributed by atoms with van der Waals surface area (Å²) in [6.45, 7) is 3.23. The zero-order valence-corrected chi connectivity index (χ0v) is 15.2. The Morgan fingerprint density at radius 2 is 1.96 bits per heavy atom. The summed E-state index contributed by atoms with van der Waals surface area (Å²) in [6.07, 6.45) is -2.16. The lowest BCUT2D eigenvalue weighted by molar-refractivity contribution is -0.137. The summed E-state index contributed by atoms with van der Waals surface area (Å²) in [5, 5.41) is 2.30. The Morgan fingerprint density at radius 3 is 2.59 bits per heavy atom. The van der Waals surface area contributed by atoms with Crippen LogP contribution in [-0.4, -0.2) is 19.6 Å². The first-order valence-electron chi connectivity index (χ1n) is 7.81. The Bertz CT molecular complexity index is 837. The van der Waals surface area contributed by atoms with Gasteiger partial charge in [0.25, 0.3) is 5.91 Å². The number of halogens is 4. The summed E-state index contributed by atoms with van der Waals surface area (Å²) >= 11 is 5.85. The van der Waals surface area contributed by atoms with Crippen LogP contribution in [0.15, 0.2) is 49.1 Å². The molecule has 27 heavy (non-hydrogen) atoms. The first-order valence-corrected chi connectivity index (χ1v) is 8.19. The number of amides is 1. The van der Waals surface area contributed by atoms with E-state index in [0.717, 1.165) is 23.8 Å². The summed E-state index contributed by atoms with van der Waals surface area (Å²) in [6, 6.07) is 7.86. The minimum Gasteiger partial charge on any atom is -0.493 e. The lowest BCUT2D eigenvalue weighted by Gasteiger charge is -2.13. The Morgan fingerprint density at radius 1 is 1.22 bits per heavy atom. The van der Waals surface area contributed by atoms with Crippen molar-refractivity contribution in [2.45, 2.75) is 12.6 Å². The summed E-state index contributed by atoms with van der Waals surface area (Å²) in [5.74, 6) is 0.100. The molecule has 1 amide bonds. The molecule has 0 heterocycles. The summed E-state index contributed by atoms with van der Waals surface area (Å²) in [7, 11) is 1.46. The second kappa shape index (κ2) is 8.81. The maximum Gasteiger partial charge on any atom is 0.416 e. The van der Waals surface area contributed by atoms with Crippen LogP contribution < -0.4 is 14.8 Å². The molecule has 8 heteroatoms. The normalized spacial score (nSPS) is 11.0. The van der Waals surface area contributed by atoms with Crippen molar-refractivity contribution in [3.63, 3.8) is 0 Å². The van der Waals surface area contributed by atoms with Crippen molar-refractivity contribution in [2.24, 2.45) is 0 Å². The van der Waals surface area contributed by atoms with Gasteiger partial charge in [0.2, 0.25) is 0 Å². The van der Waals surface area contributed by atoms with Gasteiger partial charge in [-0.25, -0.2) is 0 Å². The van der Waals surface area contributed by atoms with E-state index in [0.29, 0.717) is 17.9 Å². The topological polar surface area (TPSA) is 47.6 Å². The van der Waals surface area contributed by atoms with E-state index >= 15 is 0 Å². The molecular weight excluding hydrogens is 383 g/mol. The fourth-order valence-electron chi connectivity index (χ4n) is 2.25. The molecule has 2 aromatic rings. The minimum absolute atomic E-state index is 0.0114. The highest BCUT2D eigenvalue weighted by atomic mass is 35.5. The lowest BCUT2D eigenvalue weighted by atomic mass is 10.1. The fourth-order valence-corrected chi connectivity index (χ4v) is 2.42. The van der Waals surface area contributed by atoms with E-state index in [1.165, 1.54) is 7.11 Å². The van der Waals surface area contributed by atoms with Gasteiger partial charge in [0, 0.05) is 0 Å². The molecule has 0 aromatic heterocycles. The average Bonchev–Trinajstić information content (AvgIpc) is 2.61. The second-order valence-electron chi connectivity index (χ2n) is 5.51. The van der Waals surface area contributed by atoms with Crippen molar-refractivity contribution in [1.82, 2.24) is 0 Å². The third-order valence-corrected chi connectivity index (χ3v) is 3.86. The summed E-state index contributed by atoms with van der Waals surface area (Å²) in [5.41, 5.74) is -0.106. The van der Waals surface area contributed by atoms with Gasteiger partial charge < -0.3 is 14.8 Å². The average molecular weight is 400 g/mol. The largest absolute Gasteiger partial charge is 0.493 e. The number of anilines is 1.